The molecule has 0 radical (unpaired) electrons. The van der Waals surface area contributed by atoms with Crippen molar-refractivity contribution in [2.45, 2.75) is 19.8 Å². The molecule has 0 saturated heterocycles. The maximum atomic E-state index is 12.7. The van der Waals surface area contributed by atoms with E-state index in [1.165, 1.54) is 18.2 Å². The van der Waals surface area contributed by atoms with Crippen molar-refractivity contribution in [3.8, 4) is 5.75 Å². The molecule has 1 aliphatic rings. The summed E-state index contributed by atoms with van der Waals surface area (Å²) in [6, 6.07) is 12.0. The van der Waals surface area contributed by atoms with Crippen molar-refractivity contribution < 1.29 is 14.7 Å². The van der Waals surface area contributed by atoms with Crippen molar-refractivity contribution in [1.29, 1.82) is 0 Å². The topological polar surface area (TPSA) is 67.3 Å². The Kier molecular flexibility index (Phi) is 3.03. The molecule has 0 aliphatic heterocycles. The van der Waals surface area contributed by atoms with Crippen molar-refractivity contribution in [3.05, 3.63) is 70.4 Å². The van der Waals surface area contributed by atoms with Crippen LogP contribution >= 0.6 is 0 Å². The summed E-state index contributed by atoms with van der Waals surface area (Å²) in [5.74, 6) is -1.50. The molecule has 1 atom stereocenters. The highest BCUT2D eigenvalue weighted by atomic mass is 16.3. The van der Waals surface area contributed by atoms with Crippen molar-refractivity contribution >= 4 is 22.5 Å². The lowest BCUT2D eigenvalue weighted by atomic mass is 9.96. The van der Waals surface area contributed by atoms with Gasteiger partial charge in [0.25, 0.3) is 0 Å². The Labute approximate surface area is 138 Å². The average molecular weight is 317 g/mol. The van der Waals surface area contributed by atoms with E-state index < -0.39 is 5.92 Å². The molecule has 0 amide bonds. The van der Waals surface area contributed by atoms with Crippen LogP contribution in [0.1, 0.15) is 43.5 Å². The van der Waals surface area contributed by atoms with E-state index in [0.29, 0.717) is 11.3 Å². The first kappa shape index (κ1) is 14.6. The molecule has 24 heavy (non-hydrogen) atoms. The van der Waals surface area contributed by atoms with E-state index in [1.807, 2.05) is 38.1 Å². The molecule has 4 nitrogen and oxygen atoms in total. The van der Waals surface area contributed by atoms with Gasteiger partial charge in [0.1, 0.15) is 11.7 Å². The summed E-state index contributed by atoms with van der Waals surface area (Å²) in [7, 11) is 0. The quantitative estimate of drug-likeness (QED) is 0.695. The number of phenols is 1. The van der Waals surface area contributed by atoms with Gasteiger partial charge < -0.3 is 5.11 Å². The normalized spacial score (nSPS) is 16.7. The number of nitrogens with zero attached hydrogens (tertiary/aromatic N) is 1. The van der Waals surface area contributed by atoms with E-state index in [2.05, 4.69) is 4.98 Å². The molecule has 1 N–H and O–H groups in total. The van der Waals surface area contributed by atoms with Gasteiger partial charge in [-0.3, -0.25) is 14.6 Å². The maximum Gasteiger partial charge on any atom is 0.180 e. The summed E-state index contributed by atoms with van der Waals surface area (Å²) in [5, 5.41) is 10.6. The second-order valence-electron chi connectivity index (χ2n) is 6.28. The molecule has 4 rings (SSSR count). The van der Waals surface area contributed by atoms with Crippen molar-refractivity contribution in [3.63, 3.8) is 0 Å². The van der Waals surface area contributed by atoms with E-state index in [0.717, 1.165) is 22.0 Å². The lowest BCUT2D eigenvalue weighted by molar-refractivity contribution is 0.0888. The predicted molar refractivity (Wildman–Crippen MR) is 90.7 cm³/mol. The van der Waals surface area contributed by atoms with Crippen molar-refractivity contribution in [2.24, 2.45) is 0 Å². The summed E-state index contributed by atoms with van der Waals surface area (Å²) >= 11 is 0. The molecule has 1 heterocycles. The molecule has 2 aromatic carbocycles. The highest BCUT2D eigenvalue weighted by Gasteiger charge is 2.40. The number of ketones is 2. The fourth-order valence-corrected chi connectivity index (χ4v) is 3.33. The van der Waals surface area contributed by atoms with E-state index in [-0.39, 0.29) is 22.9 Å². The standard InChI is InChI=1S/C20H15NO3/c1-10-3-6-16-14(7-10)11(2)8-17(21-16)18-19(23)13-5-4-12(22)9-15(13)20(18)24/h3-9,18,22H,1-2H3/t18-/m1/s1. The van der Waals surface area contributed by atoms with Crippen LogP contribution in [0.25, 0.3) is 10.9 Å². The number of aromatic nitrogens is 1. The smallest absolute Gasteiger partial charge is 0.180 e. The second-order valence-corrected chi connectivity index (χ2v) is 6.28. The minimum absolute atomic E-state index is 0.0197. The second kappa shape index (κ2) is 4.99. The fourth-order valence-electron chi connectivity index (χ4n) is 3.33. The van der Waals surface area contributed by atoms with E-state index >= 15 is 0 Å². The fraction of sp³-hybridized carbons (Fsp3) is 0.150. The Bertz CT molecular complexity index is 1040. The summed E-state index contributed by atoms with van der Waals surface area (Å²) in [6.45, 7) is 3.97. The van der Waals surface area contributed by atoms with Crippen LogP contribution < -0.4 is 0 Å². The van der Waals surface area contributed by atoms with E-state index in [1.54, 1.807) is 0 Å². The number of carbonyl (C=O) groups excluding carboxylic acids is 2. The van der Waals surface area contributed by atoms with Gasteiger partial charge in [0, 0.05) is 16.5 Å². The molecular weight excluding hydrogens is 302 g/mol. The number of pyridine rings is 1. The zero-order valence-corrected chi connectivity index (χ0v) is 13.3. The number of hydrogen-bond donors (Lipinski definition) is 1. The van der Waals surface area contributed by atoms with Crippen LogP contribution in [-0.2, 0) is 0 Å². The lowest BCUT2D eigenvalue weighted by Gasteiger charge is -2.10. The maximum absolute atomic E-state index is 12.7. The Morgan fingerprint density at radius 3 is 2.46 bits per heavy atom. The van der Waals surface area contributed by atoms with Crippen LogP contribution in [-0.4, -0.2) is 21.7 Å². The van der Waals surface area contributed by atoms with Gasteiger partial charge in [-0.25, -0.2) is 0 Å². The number of carbonyl (C=O) groups is 2. The largest absolute Gasteiger partial charge is 0.508 e. The Hall–Kier alpha value is -3.01. The number of benzene rings is 2. The summed E-state index contributed by atoms with van der Waals surface area (Å²) in [6.07, 6.45) is 0. The average Bonchev–Trinajstić information content (AvgIpc) is 2.79. The molecule has 0 fully saturated rings. The van der Waals surface area contributed by atoms with Gasteiger partial charge >= 0.3 is 0 Å². The molecule has 0 bridgehead atoms. The number of aryl methyl sites for hydroxylation is 2. The molecule has 0 unspecified atom stereocenters. The van der Waals surface area contributed by atoms with Gasteiger partial charge in [-0.15, -0.1) is 0 Å². The number of aromatic hydroxyl groups is 1. The Morgan fingerprint density at radius 2 is 1.67 bits per heavy atom. The molecule has 1 aliphatic carbocycles. The monoisotopic (exact) mass is 317 g/mol. The first-order valence-corrected chi connectivity index (χ1v) is 7.75. The van der Waals surface area contributed by atoms with Gasteiger partial charge in [-0.1, -0.05) is 11.6 Å². The van der Waals surface area contributed by atoms with Crippen LogP contribution in [0.4, 0.5) is 0 Å². The zero-order valence-electron chi connectivity index (χ0n) is 13.3. The van der Waals surface area contributed by atoms with Gasteiger partial charge in [-0.05, 0) is 55.8 Å². The summed E-state index contributed by atoms with van der Waals surface area (Å²) in [5.41, 5.74) is 3.98. The van der Waals surface area contributed by atoms with Crippen LogP contribution in [0.5, 0.6) is 5.75 Å². The zero-order chi connectivity index (χ0) is 17.0. The van der Waals surface area contributed by atoms with Crippen molar-refractivity contribution in [2.75, 3.05) is 0 Å². The number of rotatable bonds is 1. The highest BCUT2D eigenvalue weighted by Crippen LogP contribution is 2.36. The first-order valence-electron chi connectivity index (χ1n) is 7.75. The van der Waals surface area contributed by atoms with E-state index in [4.69, 9.17) is 0 Å². The number of fused-ring (bicyclic) bond motifs is 2. The third-order valence-electron chi connectivity index (χ3n) is 4.55. The van der Waals surface area contributed by atoms with Crippen LogP contribution in [0.2, 0.25) is 0 Å². The summed E-state index contributed by atoms with van der Waals surface area (Å²) in [4.78, 5) is 29.9. The molecule has 3 aromatic rings. The first-order chi connectivity index (χ1) is 11.5. The SMILES string of the molecule is Cc1ccc2nc([C@@H]3C(=O)c4ccc(O)cc4C3=O)cc(C)c2c1. The van der Waals surface area contributed by atoms with Gasteiger partial charge in [-0.2, -0.15) is 0 Å². The van der Waals surface area contributed by atoms with Gasteiger partial charge in [0.2, 0.25) is 0 Å². The molecule has 1 aromatic heterocycles. The minimum atomic E-state index is -0.925. The van der Waals surface area contributed by atoms with Crippen LogP contribution in [0.15, 0.2) is 42.5 Å². The van der Waals surface area contributed by atoms with E-state index in [9.17, 15) is 14.7 Å². The lowest BCUT2D eigenvalue weighted by Crippen LogP contribution is -2.14. The Morgan fingerprint density at radius 1 is 0.917 bits per heavy atom. The molecule has 0 saturated carbocycles. The molecular formula is C20H15NO3. The third-order valence-corrected chi connectivity index (χ3v) is 4.55. The molecule has 4 heteroatoms. The third kappa shape index (κ3) is 2.03. The van der Waals surface area contributed by atoms with Gasteiger partial charge in [0.05, 0.1) is 11.2 Å². The van der Waals surface area contributed by atoms with Crippen LogP contribution in [0.3, 0.4) is 0 Å². The highest BCUT2D eigenvalue weighted by molar-refractivity contribution is 6.29. The van der Waals surface area contributed by atoms with Gasteiger partial charge in [0.15, 0.2) is 11.6 Å². The minimum Gasteiger partial charge on any atom is -0.508 e. The molecule has 118 valence electrons. The number of phenolic OH excluding ortho intramolecular Hbond substituents is 1. The number of Topliss-reactive ketones (excluding diaryl/α,β-unsaturated/α-hetero) is 2. The predicted octanol–water partition coefficient (Wildman–Crippen LogP) is 3.72. The van der Waals surface area contributed by atoms with Crippen LogP contribution in [0, 0.1) is 13.8 Å². The Balaban J connectivity index is 1.88. The van der Waals surface area contributed by atoms with Crippen molar-refractivity contribution in [1.82, 2.24) is 4.98 Å². The summed E-state index contributed by atoms with van der Waals surface area (Å²) < 4.78 is 0. The number of hydrogen-bond acceptors (Lipinski definition) is 4. The molecule has 0 spiro atoms.